The van der Waals surface area contributed by atoms with Gasteiger partial charge in [0.05, 0.1) is 0 Å². The highest BCUT2D eigenvalue weighted by atomic mass is 79.9. The van der Waals surface area contributed by atoms with Crippen molar-refractivity contribution in [1.82, 2.24) is 0 Å². The van der Waals surface area contributed by atoms with Gasteiger partial charge in [-0.2, -0.15) is 0 Å². The summed E-state index contributed by atoms with van der Waals surface area (Å²) in [5.41, 5.74) is 0.759. The van der Waals surface area contributed by atoms with E-state index in [1.54, 1.807) is 24.3 Å². The molecule has 0 spiro atoms. The fraction of sp³-hybridized carbons (Fsp3) is 0. The molecule has 0 saturated carbocycles. The Morgan fingerprint density at radius 3 is 2.56 bits per heavy atom. The third-order valence-corrected chi connectivity index (χ3v) is 2.58. The summed E-state index contributed by atoms with van der Waals surface area (Å²) in [6.07, 6.45) is 0. The number of halogens is 1. The maximum atomic E-state index is 11.5. The van der Waals surface area contributed by atoms with Gasteiger partial charge in [-0.05, 0) is 30.3 Å². The molecule has 18 heavy (non-hydrogen) atoms. The smallest absolute Gasteiger partial charge is 0.390 e. The number of esters is 1. The van der Waals surface area contributed by atoms with Crippen LogP contribution in [0, 0.1) is 11.8 Å². The van der Waals surface area contributed by atoms with E-state index in [4.69, 9.17) is 4.74 Å². The predicted octanol–water partition coefficient (Wildman–Crippen LogP) is 3.41. The van der Waals surface area contributed by atoms with Crippen molar-refractivity contribution in [2.45, 2.75) is 0 Å². The van der Waals surface area contributed by atoms with Crippen LogP contribution in [0.4, 0.5) is 0 Å². The number of benzene rings is 2. The molecule has 3 heteroatoms. The van der Waals surface area contributed by atoms with Gasteiger partial charge in [-0.1, -0.05) is 46.1 Å². The van der Waals surface area contributed by atoms with E-state index in [-0.39, 0.29) is 0 Å². The number of carbonyl (C=O) groups is 1. The average molecular weight is 301 g/mol. The number of hydrogen-bond donors (Lipinski definition) is 0. The summed E-state index contributed by atoms with van der Waals surface area (Å²) in [7, 11) is 0. The summed E-state index contributed by atoms with van der Waals surface area (Å²) in [5.74, 6) is 5.12. The average Bonchev–Trinajstić information content (AvgIpc) is 2.38. The van der Waals surface area contributed by atoms with Gasteiger partial charge in [0.15, 0.2) is 0 Å². The molecule has 0 atom stereocenters. The van der Waals surface area contributed by atoms with Crippen LogP contribution in [-0.4, -0.2) is 5.97 Å². The molecule has 2 nitrogen and oxygen atoms in total. The predicted molar refractivity (Wildman–Crippen MR) is 73.1 cm³/mol. The summed E-state index contributed by atoms with van der Waals surface area (Å²) in [4.78, 5) is 11.5. The second-order valence-electron chi connectivity index (χ2n) is 3.46. The highest BCUT2D eigenvalue weighted by Gasteiger charge is 1.98. The third kappa shape index (κ3) is 3.76. The van der Waals surface area contributed by atoms with Crippen molar-refractivity contribution < 1.29 is 9.53 Å². The Morgan fingerprint density at radius 2 is 1.83 bits per heavy atom. The van der Waals surface area contributed by atoms with Gasteiger partial charge in [0, 0.05) is 16.0 Å². The lowest BCUT2D eigenvalue weighted by atomic mass is 10.2. The summed E-state index contributed by atoms with van der Waals surface area (Å²) in [6.45, 7) is 0. The topological polar surface area (TPSA) is 26.3 Å². The van der Waals surface area contributed by atoms with Gasteiger partial charge in [-0.25, -0.2) is 4.79 Å². The van der Waals surface area contributed by atoms with Crippen LogP contribution in [-0.2, 0) is 4.79 Å². The molecule has 0 bridgehead atoms. The van der Waals surface area contributed by atoms with Crippen LogP contribution in [0.25, 0.3) is 0 Å². The van der Waals surface area contributed by atoms with E-state index in [1.807, 2.05) is 30.3 Å². The van der Waals surface area contributed by atoms with Gasteiger partial charge < -0.3 is 4.74 Å². The van der Waals surface area contributed by atoms with E-state index >= 15 is 0 Å². The Bertz CT molecular complexity index is 609. The molecule has 2 aromatic rings. The van der Waals surface area contributed by atoms with Crippen molar-refractivity contribution in [3.63, 3.8) is 0 Å². The lowest BCUT2D eigenvalue weighted by molar-refractivity contribution is -0.128. The highest BCUT2D eigenvalue weighted by molar-refractivity contribution is 9.10. The second-order valence-corrected chi connectivity index (χ2v) is 4.38. The summed E-state index contributed by atoms with van der Waals surface area (Å²) < 4.78 is 5.96. The molecule has 0 unspecified atom stereocenters. The molecule has 0 saturated heterocycles. The number of ether oxygens (including phenoxy) is 1. The largest absolute Gasteiger partial charge is 0.417 e. The minimum Gasteiger partial charge on any atom is -0.417 e. The highest BCUT2D eigenvalue weighted by Crippen LogP contribution is 2.11. The molecule has 2 rings (SSSR count). The van der Waals surface area contributed by atoms with Crippen LogP contribution < -0.4 is 4.74 Å². The zero-order valence-corrected chi connectivity index (χ0v) is 11.0. The Balaban J connectivity index is 2.05. The van der Waals surface area contributed by atoms with Crippen LogP contribution >= 0.6 is 15.9 Å². The van der Waals surface area contributed by atoms with Crippen molar-refractivity contribution in [3.8, 4) is 17.6 Å². The molecule has 0 aliphatic heterocycles. The molecule has 88 valence electrons. The van der Waals surface area contributed by atoms with E-state index in [0.29, 0.717) is 5.75 Å². The summed E-state index contributed by atoms with van der Waals surface area (Å²) >= 11 is 3.34. The molecule has 0 fully saturated rings. The van der Waals surface area contributed by atoms with Crippen molar-refractivity contribution in [1.29, 1.82) is 0 Å². The maximum Gasteiger partial charge on any atom is 0.390 e. The normalized spacial score (nSPS) is 9.17. The first kappa shape index (κ1) is 12.4. The molecule has 0 aliphatic carbocycles. The molecule has 0 radical (unpaired) electrons. The molecular weight excluding hydrogens is 292 g/mol. The Labute approximate surface area is 114 Å². The molecule has 0 aliphatic rings. The summed E-state index contributed by atoms with van der Waals surface area (Å²) in [5, 5.41) is 0. The fourth-order valence-corrected chi connectivity index (χ4v) is 1.71. The van der Waals surface area contributed by atoms with Gasteiger partial charge in [0.2, 0.25) is 0 Å². The number of carbonyl (C=O) groups excluding carboxylic acids is 1. The van der Waals surface area contributed by atoms with E-state index < -0.39 is 5.97 Å². The van der Waals surface area contributed by atoms with Gasteiger partial charge >= 0.3 is 5.97 Å². The number of rotatable bonds is 1. The third-order valence-electron chi connectivity index (χ3n) is 2.09. The minimum absolute atomic E-state index is 0.492. The zero-order valence-electron chi connectivity index (χ0n) is 9.39. The van der Waals surface area contributed by atoms with E-state index in [0.717, 1.165) is 10.0 Å². The van der Waals surface area contributed by atoms with Gasteiger partial charge in [-0.15, -0.1) is 0 Å². The second kappa shape index (κ2) is 6.04. The van der Waals surface area contributed by atoms with Crippen molar-refractivity contribution >= 4 is 21.9 Å². The van der Waals surface area contributed by atoms with Crippen LogP contribution in [0.5, 0.6) is 5.75 Å². The van der Waals surface area contributed by atoms with Crippen LogP contribution in [0.1, 0.15) is 5.56 Å². The van der Waals surface area contributed by atoms with Crippen LogP contribution in [0.15, 0.2) is 59.1 Å². The van der Waals surface area contributed by atoms with Crippen molar-refractivity contribution in [2.75, 3.05) is 0 Å². The standard InChI is InChI=1S/C15H9BrO2/c16-13-6-4-5-12(11-13)9-10-15(17)18-14-7-2-1-3-8-14/h1-8,11H. The molecular formula is C15H9BrO2. The Hall–Kier alpha value is -2.05. The lowest BCUT2D eigenvalue weighted by Crippen LogP contribution is -2.04. The number of para-hydroxylation sites is 1. The Morgan fingerprint density at radius 1 is 1.06 bits per heavy atom. The summed E-state index contributed by atoms with van der Waals surface area (Å²) in [6, 6.07) is 16.3. The van der Waals surface area contributed by atoms with Crippen molar-refractivity contribution in [3.05, 3.63) is 64.6 Å². The van der Waals surface area contributed by atoms with Crippen molar-refractivity contribution in [2.24, 2.45) is 0 Å². The fourth-order valence-electron chi connectivity index (χ4n) is 1.31. The molecule has 0 heterocycles. The SMILES string of the molecule is O=C(C#Cc1cccc(Br)c1)Oc1ccccc1. The van der Waals surface area contributed by atoms with Gasteiger partial charge in [-0.3, -0.25) is 0 Å². The number of hydrogen-bond acceptors (Lipinski definition) is 2. The molecule has 0 N–H and O–H groups in total. The van der Waals surface area contributed by atoms with Crippen LogP contribution in [0.3, 0.4) is 0 Å². The van der Waals surface area contributed by atoms with E-state index in [2.05, 4.69) is 27.8 Å². The Kier molecular flexibility index (Phi) is 4.16. The first-order valence-electron chi connectivity index (χ1n) is 5.28. The zero-order chi connectivity index (χ0) is 12.8. The monoisotopic (exact) mass is 300 g/mol. The van der Waals surface area contributed by atoms with Gasteiger partial charge in [0.1, 0.15) is 5.75 Å². The molecule has 0 aromatic heterocycles. The molecule has 0 amide bonds. The van der Waals surface area contributed by atoms with E-state index in [1.165, 1.54) is 0 Å². The van der Waals surface area contributed by atoms with E-state index in [9.17, 15) is 4.79 Å². The molecule has 2 aromatic carbocycles. The first-order chi connectivity index (χ1) is 8.74. The first-order valence-corrected chi connectivity index (χ1v) is 6.08. The quantitative estimate of drug-likeness (QED) is 0.458. The lowest BCUT2D eigenvalue weighted by Gasteiger charge is -1.97. The van der Waals surface area contributed by atoms with Crippen LogP contribution in [0.2, 0.25) is 0 Å². The van der Waals surface area contributed by atoms with Gasteiger partial charge in [0.25, 0.3) is 0 Å². The minimum atomic E-state index is -0.568. The maximum absolute atomic E-state index is 11.5.